The highest BCUT2D eigenvalue weighted by atomic mass is 19.1. The summed E-state index contributed by atoms with van der Waals surface area (Å²) >= 11 is 0. The summed E-state index contributed by atoms with van der Waals surface area (Å²) in [5.41, 5.74) is 6.25. The molecule has 1 saturated heterocycles. The van der Waals surface area contributed by atoms with Crippen LogP contribution in [0.25, 0.3) is 6.08 Å². The van der Waals surface area contributed by atoms with Gasteiger partial charge in [0.25, 0.3) is 0 Å². The van der Waals surface area contributed by atoms with Gasteiger partial charge in [-0.05, 0) is 30.7 Å². The number of nitrogens with zero attached hydrogens (tertiary/aromatic N) is 1. The minimum atomic E-state index is -0.226. The van der Waals surface area contributed by atoms with Gasteiger partial charge in [-0.3, -0.25) is 9.69 Å². The monoisotopic (exact) mass is 248 g/mol. The number of likely N-dealkylation sites (tertiary alicyclic amines) is 1. The van der Waals surface area contributed by atoms with Crippen LogP contribution >= 0.6 is 0 Å². The molecule has 1 aromatic rings. The fourth-order valence-electron chi connectivity index (χ4n) is 2.14. The molecule has 1 fully saturated rings. The normalized spacial score (nSPS) is 20.6. The Balaban J connectivity index is 1.82. The summed E-state index contributed by atoms with van der Waals surface area (Å²) in [5.74, 6) is -0.444. The summed E-state index contributed by atoms with van der Waals surface area (Å²) in [6.07, 6.45) is 4.83. The van der Waals surface area contributed by atoms with Gasteiger partial charge in [0.2, 0.25) is 5.91 Å². The van der Waals surface area contributed by atoms with Crippen LogP contribution in [0.15, 0.2) is 30.3 Å². The van der Waals surface area contributed by atoms with Gasteiger partial charge in [-0.15, -0.1) is 0 Å². The van der Waals surface area contributed by atoms with E-state index in [9.17, 15) is 9.18 Å². The van der Waals surface area contributed by atoms with Gasteiger partial charge in [0.15, 0.2) is 0 Å². The number of carbonyl (C=O) groups is 1. The molecule has 1 atom stereocenters. The summed E-state index contributed by atoms with van der Waals surface area (Å²) in [6.45, 7) is 2.44. The van der Waals surface area contributed by atoms with Crippen LogP contribution in [0.5, 0.6) is 0 Å². The van der Waals surface area contributed by atoms with E-state index in [-0.39, 0.29) is 17.6 Å². The lowest BCUT2D eigenvalue weighted by Crippen LogP contribution is -2.27. The summed E-state index contributed by atoms with van der Waals surface area (Å²) in [7, 11) is 0. The van der Waals surface area contributed by atoms with Gasteiger partial charge in [0, 0.05) is 13.1 Å². The molecule has 0 radical (unpaired) electrons. The molecule has 1 aromatic carbocycles. The third kappa shape index (κ3) is 3.40. The van der Waals surface area contributed by atoms with E-state index in [1.165, 1.54) is 12.1 Å². The van der Waals surface area contributed by atoms with E-state index < -0.39 is 0 Å². The predicted octanol–water partition coefficient (Wildman–Crippen LogP) is 1.65. The third-order valence-corrected chi connectivity index (χ3v) is 3.22. The molecule has 2 N–H and O–H groups in total. The fourth-order valence-corrected chi connectivity index (χ4v) is 2.14. The number of halogens is 1. The molecular formula is C14H17FN2O. The first kappa shape index (κ1) is 12.8. The van der Waals surface area contributed by atoms with Crippen molar-refractivity contribution in [1.82, 2.24) is 4.90 Å². The molecule has 96 valence electrons. The van der Waals surface area contributed by atoms with Crippen molar-refractivity contribution in [3.8, 4) is 0 Å². The van der Waals surface area contributed by atoms with E-state index in [2.05, 4.69) is 4.90 Å². The Bertz CT molecular complexity index is 442. The Morgan fingerprint density at radius 3 is 2.78 bits per heavy atom. The van der Waals surface area contributed by atoms with Gasteiger partial charge in [-0.25, -0.2) is 4.39 Å². The van der Waals surface area contributed by atoms with Crippen LogP contribution in [-0.2, 0) is 4.79 Å². The number of hydrogen-bond acceptors (Lipinski definition) is 2. The summed E-state index contributed by atoms with van der Waals surface area (Å²) in [4.78, 5) is 13.2. The first-order valence-electron chi connectivity index (χ1n) is 6.09. The maximum Gasteiger partial charge on any atom is 0.221 e. The Morgan fingerprint density at radius 1 is 1.44 bits per heavy atom. The molecular weight excluding hydrogens is 231 g/mol. The molecule has 18 heavy (non-hydrogen) atoms. The van der Waals surface area contributed by atoms with Gasteiger partial charge >= 0.3 is 0 Å². The average molecular weight is 248 g/mol. The van der Waals surface area contributed by atoms with Crippen molar-refractivity contribution in [3.05, 3.63) is 41.7 Å². The molecule has 1 amide bonds. The number of amides is 1. The first-order valence-corrected chi connectivity index (χ1v) is 6.09. The maximum atomic E-state index is 12.7. The Labute approximate surface area is 106 Å². The molecule has 0 bridgehead atoms. The molecule has 0 aromatic heterocycles. The van der Waals surface area contributed by atoms with Crippen LogP contribution in [0.4, 0.5) is 4.39 Å². The highest BCUT2D eigenvalue weighted by molar-refractivity contribution is 5.77. The largest absolute Gasteiger partial charge is 0.369 e. The van der Waals surface area contributed by atoms with Crippen LogP contribution in [0, 0.1) is 11.7 Å². The van der Waals surface area contributed by atoms with Crippen molar-refractivity contribution in [2.75, 3.05) is 19.6 Å². The molecule has 3 nitrogen and oxygen atoms in total. The topological polar surface area (TPSA) is 46.3 Å². The van der Waals surface area contributed by atoms with E-state index in [1.54, 1.807) is 12.1 Å². The molecule has 0 aliphatic carbocycles. The maximum absolute atomic E-state index is 12.7. The molecule has 0 saturated carbocycles. The van der Waals surface area contributed by atoms with Crippen LogP contribution < -0.4 is 5.73 Å². The highest BCUT2D eigenvalue weighted by Gasteiger charge is 2.25. The second-order valence-electron chi connectivity index (χ2n) is 4.60. The van der Waals surface area contributed by atoms with Crippen molar-refractivity contribution >= 4 is 12.0 Å². The minimum Gasteiger partial charge on any atom is -0.369 e. The smallest absolute Gasteiger partial charge is 0.221 e. The second-order valence-corrected chi connectivity index (χ2v) is 4.60. The highest BCUT2D eigenvalue weighted by Crippen LogP contribution is 2.15. The molecule has 4 heteroatoms. The number of carbonyl (C=O) groups excluding carboxylic acids is 1. The molecule has 1 aliphatic heterocycles. The van der Waals surface area contributed by atoms with Crippen LogP contribution in [0.3, 0.4) is 0 Å². The third-order valence-electron chi connectivity index (χ3n) is 3.22. The number of primary amides is 1. The lowest BCUT2D eigenvalue weighted by molar-refractivity contribution is -0.121. The standard InChI is InChI=1S/C14H17FN2O/c15-13-5-3-11(4-6-13)2-1-8-17-9-7-12(10-17)14(16)18/h1-6,12H,7-10H2,(H2,16,18). The van der Waals surface area contributed by atoms with Crippen LogP contribution in [-0.4, -0.2) is 30.4 Å². The Kier molecular flexibility index (Phi) is 4.10. The average Bonchev–Trinajstić information content (AvgIpc) is 2.81. The van der Waals surface area contributed by atoms with Crippen molar-refractivity contribution < 1.29 is 9.18 Å². The van der Waals surface area contributed by atoms with E-state index >= 15 is 0 Å². The van der Waals surface area contributed by atoms with E-state index in [1.807, 2.05) is 12.2 Å². The molecule has 2 rings (SSSR count). The van der Waals surface area contributed by atoms with Gasteiger partial charge in [0.05, 0.1) is 5.92 Å². The van der Waals surface area contributed by atoms with Crippen molar-refractivity contribution in [2.24, 2.45) is 11.7 Å². The molecule has 1 heterocycles. The van der Waals surface area contributed by atoms with Crippen LogP contribution in [0.2, 0.25) is 0 Å². The second kappa shape index (κ2) is 5.78. The fraction of sp³-hybridized carbons (Fsp3) is 0.357. The molecule has 0 spiro atoms. The van der Waals surface area contributed by atoms with Gasteiger partial charge in [-0.2, -0.15) is 0 Å². The van der Waals surface area contributed by atoms with Crippen molar-refractivity contribution in [2.45, 2.75) is 6.42 Å². The lowest BCUT2D eigenvalue weighted by Gasteiger charge is -2.11. The predicted molar refractivity (Wildman–Crippen MR) is 69.2 cm³/mol. The number of rotatable bonds is 4. The Morgan fingerprint density at radius 2 is 2.17 bits per heavy atom. The molecule has 1 unspecified atom stereocenters. The van der Waals surface area contributed by atoms with E-state index in [0.717, 1.165) is 31.6 Å². The lowest BCUT2D eigenvalue weighted by atomic mass is 10.1. The van der Waals surface area contributed by atoms with Crippen molar-refractivity contribution in [3.63, 3.8) is 0 Å². The SMILES string of the molecule is NC(=O)C1CCN(CC=Cc2ccc(F)cc2)C1. The zero-order chi connectivity index (χ0) is 13.0. The number of hydrogen-bond donors (Lipinski definition) is 1. The molecule has 1 aliphatic rings. The minimum absolute atomic E-state index is 0.00998. The Hall–Kier alpha value is -1.68. The van der Waals surface area contributed by atoms with Gasteiger partial charge in [-0.1, -0.05) is 24.3 Å². The zero-order valence-corrected chi connectivity index (χ0v) is 10.2. The number of benzene rings is 1. The van der Waals surface area contributed by atoms with Crippen LogP contribution in [0.1, 0.15) is 12.0 Å². The van der Waals surface area contributed by atoms with Crippen molar-refractivity contribution in [1.29, 1.82) is 0 Å². The van der Waals surface area contributed by atoms with E-state index in [0.29, 0.717) is 0 Å². The zero-order valence-electron chi connectivity index (χ0n) is 10.2. The quantitative estimate of drug-likeness (QED) is 0.880. The number of nitrogens with two attached hydrogens (primary N) is 1. The first-order chi connectivity index (χ1) is 8.65. The van der Waals surface area contributed by atoms with E-state index in [4.69, 9.17) is 5.73 Å². The summed E-state index contributed by atoms with van der Waals surface area (Å²) in [6, 6.07) is 6.36. The summed E-state index contributed by atoms with van der Waals surface area (Å²) < 4.78 is 12.7. The van der Waals surface area contributed by atoms with Gasteiger partial charge in [0.1, 0.15) is 5.82 Å². The summed E-state index contributed by atoms with van der Waals surface area (Å²) in [5, 5.41) is 0. The van der Waals surface area contributed by atoms with Gasteiger partial charge < -0.3 is 5.73 Å².